The fourth-order valence-corrected chi connectivity index (χ4v) is 2.39. The number of benzene rings is 1. The predicted octanol–water partition coefficient (Wildman–Crippen LogP) is 3.13. The minimum atomic E-state index is 0.140. The van der Waals surface area contributed by atoms with E-state index >= 15 is 0 Å². The predicted molar refractivity (Wildman–Crippen MR) is 79.7 cm³/mol. The fraction of sp³-hybridized carbons (Fsp3) is 0.200. The molecule has 2 aromatic heterocycles. The topological polar surface area (TPSA) is 50.9 Å². The molecule has 0 aliphatic heterocycles. The minimum Gasteiger partial charge on any atom is -0.396 e. The zero-order chi connectivity index (χ0) is 13.9. The fourth-order valence-electron chi connectivity index (χ4n) is 2.23. The van der Waals surface area contributed by atoms with Gasteiger partial charge in [-0.1, -0.05) is 41.9 Å². The Morgan fingerprint density at radius 1 is 1.20 bits per heavy atom. The first-order valence-corrected chi connectivity index (χ1v) is 6.85. The van der Waals surface area contributed by atoms with Gasteiger partial charge in [0, 0.05) is 24.9 Å². The summed E-state index contributed by atoms with van der Waals surface area (Å²) in [6.45, 7) is 0.813. The van der Waals surface area contributed by atoms with Crippen molar-refractivity contribution in [3.05, 3.63) is 47.6 Å². The standard InChI is InChI=1S/C15H14ClN3O/c16-12-9-13-15(17-10-12)19(7-4-8-20)14(18-13)11-5-2-1-3-6-11/h1-3,5-6,9-10,20H,4,7-8H2. The van der Waals surface area contributed by atoms with Crippen molar-refractivity contribution in [2.24, 2.45) is 0 Å². The van der Waals surface area contributed by atoms with Gasteiger partial charge in [-0.05, 0) is 12.5 Å². The molecule has 0 spiro atoms. The Morgan fingerprint density at radius 3 is 2.75 bits per heavy atom. The molecule has 0 radical (unpaired) electrons. The summed E-state index contributed by atoms with van der Waals surface area (Å²) in [4.78, 5) is 9.00. The molecule has 4 nitrogen and oxygen atoms in total. The lowest BCUT2D eigenvalue weighted by Gasteiger charge is -2.07. The van der Waals surface area contributed by atoms with Crippen LogP contribution in [-0.2, 0) is 6.54 Å². The molecule has 1 aromatic carbocycles. The summed E-state index contributed by atoms with van der Waals surface area (Å²) in [5, 5.41) is 9.64. The molecule has 0 unspecified atom stereocenters. The second-order valence-corrected chi connectivity index (χ2v) is 4.96. The number of halogens is 1. The van der Waals surface area contributed by atoms with Crippen LogP contribution in [0, 0.1) is 0 Å². The smallest absolute Gasteiger partial charge is 0.160 e. The maximum atomic E-state index is 9.07. The molecule has 0 aliphatic carbocycles. The Bertz CT molecular complexity index is 725. The third kappa shape index (κ3) is 2.40. The molecule has 0 aliphatic rings. The number of fused-ring (bicyclic) bond motifs is 1. The number of aliphatic hydroxyl groups is 1. The number of hydrogen-bond acceptors (Lipinski definition) is 3. The van der Waals surface area contributed by atoms with Crippen LogP contribution < -0.4 is 0 Å². The van der Waals surface area contributed by atoms with Crippen molar-refractivity contribution in [1.82, 2.24) is 14.5 Å². The lowest BCUT2D eigenvalue weighted by Crippen LogP contribution is -2.03. The van der Waals surface area contributed by atoms with Crippen LogP contribution in [0.3, 0.4) is 0 Å². The molecular formula is C15H14ClN3O. The third-order valence-corrected chi connectivity index (χ3v) is 3.33. The SMILES string of the molecule is OCCCn1c(-c2ccccc2)nc2cc(Cl)cnc21. The summed E-state index contributed by atoms with van der Waals surface area (Å²) in [6, 6.07) is 11.8. The van der Waals surface area contributed by atoms with Gasteiger partial charge in [0.2, 0.25) is 0 Å². The van der Waals surface area contributed by atoms with Crippen LogP contribution >= 0.6 is 11.6 Å². The molecule has 3 rings (SSSR count). The van der Waals surface area contributed by atoms with E-state index in [0.717, 1.165) is 22.6 Å². The van der Waals surface area contributed by atoms with E-state index in [2.05, 4.69) is 9.97 Å². The van der Waals surface area contributed by atoms with E-state index in [4.69, 9.17) is 16.7 Å². The lowest BCUT2D eigenvalue weighted by molar-refractivity contribution is 0.280. The average molecular weight is 288 g/mol. The highest BCUT2D eigenvalue weighted by atomic mass is 35.5. The van der Waals surface area contributed by atoms with Crippen molar-refractivity contribution in [2.45, 2.75) is 13.0 Å². The van der Waals surface area contributed by atoms with Crippen molar-refractivity contribution in [2.75, 3.05) is 6.61 Å². The number of rotatable bonds is 4. The zero-order valence-corrected chi connectivity index (χ0v) is 11.6. The van der Waals surface area contributed by atoms with E-state index < -0.39 is 0 Å². The Morgan fingerprint density at radius 2 is 2.00 bits per heavy atom. The second-order valence-electron chi connectivity index (χ2n) is 4.53. The van der Waals surface area contributed by atoms with Gasteiger partial charge in [0.05, 0.1) is 5.02 Å². The highest BCUT2D eigenvalue weighted by molar-refractivity contribution is 6.31. The summed E-state index contributed by atoms with van der Waals surface area (Å²) in [5.74, 6) is 0.851. The summed E-state index contributed by atoms with van der Waals surface area (Å²) in [6.07, 6.45) is 2.28. The molecule has 0 saturated carbocycles. The molecule has 1 N–H and O–H groups in total. The number of nitrogens with zero attached hydrogens (tertiary/aromatic N) is 3. The number of pyridine rings is 1. The molecule has 0 amide bonds. The van der Waals surface area contributed by atoms with E-state index in [1.165, 1.54) is 0 Å². The average Bonchev–Trinajstić information content (AvgIpc) is 2.83. The first-order chi connectivity index (χ1) is 9.79. The first-order valence-electron chi connectivity index (χ1n) is 6.47. The van der Waals surface area contributed by atoms with Crippen LogP contribution in [0.1, 0.15) is 6.42 Å². The van der Waals surface area contributed by atoms with Crippen molar-refractivity contribution >= 4 is 22.8 Å². The van der Waals surface area contributed by atoms with Crippen molar-refractivity contribution in [3.8, 4) is 11.4 Å². The number of hydrogen-bond donors (Lipinski definition) is 1. The maximum absolute atomic E-state index is 9.07. The Kier molecular flexibility index (Phi) is 3.67. The molecule has 0 fully saturated rings. The second kappa shape index (κ2) is 5.61. The van der Waals surface area contributed by atoms with Gasteiger partial charge in [-0.3, -0.25) is 0 Å². The number of aromatic nitrogens is 3. The van der Waals surface area contributed by atoms with Crippen molar-refractivity contribution in [1.29, 1.82) is 0 Å². The summed E-state index contributed by atoms with van der Waals surface area (Å²) in [7, 11) is 0. The van der Waals surface area contributed by atoms with E-state index in [-0.39, 0.29) is 6.61 Å². The molecule has 2 heterocycles. The van der Waals surface area contributed by atoms with Crippen molar-refractivity contribution < 1.29 is 5.11 Å². The molecule has 5 heteroatoms. The molecule has 102 valence electrons. The van der Waals surface area contributed by atoms with Crippen LogP contribution in [0.15, 0.2) is 42.6 Å². The van der Waals surface area contributed by atoms with Crippen LogP contribution in [-0.4, -0.2) is 26.2 Å². The molecule has 0 saturated heterocycles. The van der Waals surface area contributed by atoms with Crippen LogP contribution in [0.2, 0.25) is 5.02 Å². The normalized spacial score (nSPS) is 11.1. The summed E-state index contributed by atoms with van der Waals surface area (Å²) < 4.78 is 2.03. The molecular weight excluding hydrogens is 274 g/mol. The first kappa shape index (κ1) is 13.1. The van der Waals surface area contributed by atoms with E-state index in [0.29, 0.717) is 18.0 Å². The van der Waals surface area contributed by atoms with E-state index in [9.17, 15) is 0 Å². The van der Waals surface area contributed by atoms with Gasteiger partial charge in [0.15, 0.2) is 5.65 Å². The number of aryl methyl sites for hydroxylation is 1. The molecule has 0 bridgehead atoms. The maximum Gasteiger partial charge on any atom is 0.160 e. The van der Waals surface area contributed by atoms with E-state index in [1.54, 1.807) is 6.20 Å². The van der Waals surface area contributed by atoms with E-state index in [1.807, 2.05) is 41.0 Å². The monoisotopic (exact) mass is 287 g/mol. The van der Waals surface area contributed by atoms with Gasteiger partial charge in [-0.2, -0.15) is 0 Å². The minimum absolute atomic E-state index is 0.140. The van der Waals surface area contributed by atoms with Gasteiger partial charge >= 0.3 is 0 Å². The Hall–Kier alpha value is -1.91. The van der Waals surface area contributed by atoms with Crippen LogP contribution in [0.25, 0.3) is 22.6 Å². The lowest BCUT2D eigenvalue weighted by atomic mass is 10.2. The Balaban J connectivity index is 2.19. The number of imidazole rings is 1. The van der Waals surface area contributed by atoms with Crippen LogP contribution in [0.5, 0.6) is 0 Å². The molecule has 20 heavy (non-hydrogen) atoms. The van der Waals surface area contributed by atoms with Crippen molar-refractivity contribution in [3.63, 3.8) is 0 Å². The van der Waals surface area contributed by atoms with Gasteiger partial charge < -0.3 is 9.67 Å². The van der Waals surface area contributed by atoms with Crippen LogP contribution in [0.4, 0.5) is 0 Å². The number of aliphatic hydroxyl groups excluding tert-OH is 1. The largest absolute Gasteiger partial charge is 0.396 e. The zero-order valence-electron chi connectivity index (χ0n) is 10.8. The third-order valence-electron chi connectivity index (χ3n) is 3.12. The highest BCUT2D eigenvalue weighted by Gasteiger charge is 2.13. The van der Waals surface area contributed by atoms with Gasteiger partial charge in [0.1, 0.15) is 11.3 Å². The molecule has 3 aromatic rings. The highest BCUT2D eigenvalue weighted by Crippen LogP contribution is 2.25. The summed E-state index contributed by atoms with van der Waals surface area (Å²) >= 11 is 5.98. The van der Waals surface area contributed by atoms with Gasteiger partial charge in [-0.15, -0.1) is 0 Å². The van der Waals surface area contributed by atoms with Gasteiger partial charge in [-0.25, -0.2) is 9.97 Å². The molecule has 0 atom stereocenters. The summed E-state index contributed by atoms with van der Waals surface area (Å²) in [5.41, 5.74) is 2.59. The van der Waals surface area contributed by atoms with Gasteiger partial charge in [0.25, 0.3) is 0 Å². The quantitative estimate of drug-likeness (QED) is 0.802. The Labute approximate surface area is 121 Å².